The van der Waals surface area contributed by atoms with Crippen molar-refractivity contribution >= 4 is 108 Å². The molecule has 3 aromatic heterocycles. The number of guanidine groups is 1. The number of pyridine rings is 3. The van der Waals surface area contributed by atoms with Crippen LogP contribution < -0.4 is 27.4 Å². The number of rotatable bonds is 24. The minimum atomic E-state index is -4.29. The van der Waals surface area contributed by atoms with E-state index >= 15 is 0 Å². The second kappa shape index (κ2) is 30.4. The van der Waals surface area contributed by atoms with Gasteiger partial charge in [0, 0.05) is 64.4 Å². The number of aliphatic carboxylic acids is 3. The normalized spacial score (nSPS) is 26.8. The van der Waals surface area contributed by atoms with Crippen molar-refractivity contribution in [2.24, 2.45) is 16.5 Å². The number of nitrogens with one attached hydrogen (secondary N) is 3. The van der Waals surface area contributed by atoms with Gasteiger partial charge in [0.05, 0.1) is 40.3 Å². The molecule has 39 heteroatoms. The van der Waals surface area contributed by atoms with E-state index in [-0.39, 0.29) is 48.9 Å². The Labute approximate surface area is 563 Å². The third-order valence-corrected chi connectivity index (χ3v) is 24.9. The van der Waals surface area contributed by atoms with Crippen molar-refractivity contribution in [3.8, 4) is 0 Å². The molecule has 6 amide bonds. The van der Waals surface area contributed by atoms with Gasteiger partial charge in [-0.3, -0.25) is 34.3 Å². The van der Waals surface area contributed by atoms with Crippen LogP contribution in [0.2, 0.25) is 0 Å². The van der Waals surface area contributed by atoms with Crippen LogP contribution in [0.15, 0.2) is 94.9 Å². The molecule has 0 saturated carbocycles. The number of aliphatic imine (C=N–C) groups is 1. The number of carbonyl (C=O) groups excluding carboxylic acids is 6. The lowest BCUT2D eigenvalue weighted by atomic mass is 9.94. The van der Waals surface area contributed by atoms with E-state index in [4.69, 9.17) is 25.7 Å². The zero-order valence-electron chi connectivity index (χ0n) is 54.4. The molecule has 6 fully saturated rings. The molecular formula is C59H77N15O21S3. The van der Waals surface area contributed by atoms with Gasteiger partial charge in [0.1, 0.15) is 34.1 Å². The fourth-order valence-corrected chi connectivity index (χ4v) is 18.2. The minimum Gasteiger partial charge on any atom is -0.480 e. The summed E-state index contributed by atoms with van der Waals surface area (Å²) in [5.74, 6) is -6.82. The maximum atomic E-state index is 13.4. The van der Waals surface area contributed by atoms with Crippen molar-refractivity contribution in [1.29, 1.82) is 0 Å². The van der Waals surface area contributed by atoms with E-state index in [1.54, 1.807) is 54.6 Å². The number of fused-ring (bicyclic) bond motifs is 3. The van der Waals surface area contributed by atoms with E-state index in [0.29, 0.717) is 30.2 Å². The smallest absolute Gasteiger partial charge is 0.407 e. The highest BCUT2D eigenvalue weighted by molar-refractivity contribution is 7.95. The first-order chi connectivity index (χ1) is 45.9. The highest BCUT2D eigenvalue weighted by atomic mass is 32.2. The number of alkyl carbamates (subject to hydrolysis) is 3. The first-order valence-electron chi connectivity index (χ1n) is 29.9. The first kappa shape index (κ1) is 75.7. The van der Waals surface area contributed by atoms with E-state index < -0.39 is 152 Å². The number of hydrogen-bond acceptors (Lipinski definition) is 25. The van der Waals surface area contributed by atoms with Crippen molar-refractivity contribution in [3.63, 3.8) is 0 Å². The van der Waals surface area contributed by atoms with E-state index in [2.05, 4.69) is 35.9 Å². The standard InChI is InChI=1S/C22H31N5O7S.C19H24N4O7S.C18H22N6O7S/c1-22(14-34-21(31)24-9-10-26(4)12-11-25(2)3)17(20(29)30)27-18(28)16(19(27)35(22,32)33)13-15-7-5-6-8-23-15;1-19(11-30-18(27)21-8-9-22(2)3)14(17(25)26)23-15(24)13(16(23)31(19,28)29)10-12-6-4-5-7-20-12;1-18(9-31-17(28)23-7-6-22-16(19)20)12(15(26)27)24-13(25)11(14(24)32(18,29)30)8-10-4-2-3-5-21-10/h5-8,13,17,19H,9-12,14H2,1-4H3,(H,24,31)(H,29,30);4-7,10,14,16H,8-9,11H2,1-3H3,(H,21,27)(H,25,26);2-5,8,12,14H,6-7,9H2,1H3,(H,23,28)(H,26,27)(H4,19,20,22)/b16-13-;13-10-;11-8-/t17-,19+,22-;14-,16+,19-;12-,14+,18-/m000/s1. The maximum Gasteiger partial charge on any atom is 0.407 e. The summed E-state index contributed by atoms with van der Waals surface area (Å²) in [6.07, 6.45) is 5.72. The second-order valence-corrected chi connectivity index (χ2v) is 31.7. The Hall–Kier alpha value is -9.70. The van der Waals surface area contributed by atoms with Gasteiger partial charge in [-0.15, -0.1) is 0 Å². The molecule has 9 heterocycles. The zero-order valence-corrected chi connectivity index (χ0v) is 56.9. The number of nitrogens with two attached hydrogens (primary N) is 2. The topological polar surface area (TPSA) is 503 Å². The quantitative estimate of drug-likeness (QED) is 0.0113. The number of sulfone groups is 3. The fraction of sp³-hybridized carbons (Fsp3) is 0.475. The van der Waals surface area contributed by atoms with Gasteiger partial charge in [-0.25, -0.2) is 54.0 Å². The van der Waals surface area contributed by atoms with E-state index in [0.717, 1.165) is 34.7 Å². The van der Waals surface area contributed by atoms with Gasteiger partial charge in [0.15, 0.2) is 69.7 Å². The molecule has 0 aliphatic carbocycles. The molecule has 9 atom stereocenters. The van der Waals surface area contributed by atoms with E-state index in [1.165, 1.54) is 50.7 Å². The van der Waals surface area contributed by atoms with Crippen LogP contribution in [0.5, 0.6) is 0 Å². The fourth-order valence-electron chi connectivity index (χ4n) is 11.4. The van der Waals surface area contributed by atoms with Crippen molar-refractivity contribution in [3.05, 3.63) is 107 Å². The van der Waals surface area contributed by atoms with Crippen molar-refractivity contribution in [1.82, 2.24) is 60.3 Å². The summed E-state index contributed by atoms with van der Waals surface area (Å²) in [7, 11) is -3.34. The molecular weight excluding hydrogens is 1350 g/mol. The molecule has 0 aromatic carbocycles. The Morgan fingerprint density at radius 3 is 1.09 bits per heavy atom. The monoisotopic (exact) mass is 1430 g/mol. The largest absolute Gasteiger partial charge is 0.480 e. The molecule has 6 aliphatic rings. The molecule has 36 nitrogen and oxygen atoms in total. The zero-order chi connectivity index (χ0) is 72.6. The first-order valence-corrected chi connectivity index (χ1v) is 34.5. The average Bonchev–Trinajstić information content (AvgIpc) is 1.54. The summed E-state index contributed by atoms with van der Waals surface area (Å²) in [6.45, 7) is 4.62. The molecule has 0 radical (unpaired) electrons. The Bertz CT molecular complexity index is 4050. The predicted molar refractivity (Wildman–Crippen MR) is 348 cm³/mol. The number of carboxylic acids is 3. The molecule has 98 heavy (non-hydrogen) atoms. The van der Waals surface area contributed by atoms with Gasteiger partial charge >= 0.3 is 36.2 Å². The van der Waals surface area contributed by atoms with Gasteiger partial charge < -0.3 is 86.3 Å². The Morgan fingerprint density at radius 2 is 0.816 bits per heavy atom. The van der Waals surface area contributed by atoms with Crippen molar-refractivity contribution in [2.75, 3.05) is 107 Å². The molecule has 0 unspecified atom stereocenters. The lowest BCUT2D eigenvalue weighted by molar-refractivity contribution is -0.153. The lowest BCUT2D eigenvalue weighted by Gasteiger charge is -2.37. The number of carbonyl (C=O) groups is 9. The summed E-state index contributed by atoms with van der Waals surface area (Å²) in [4.78, 5) is 134. The summed E-state index contributed by atoms with van der Waals surface area (Å²) >= 11 is 0. The summed E-state index contributed by atoms with van der Waals surface area (Å²) < 4.78 is 89.2. The average molecular weight is 1430 g/mol. The minimum absolute atomic E-state index is 0.00670. The number of likely N-dealkylation sites (N-methyl/N-ethyl adjacent to an activating group) is 3. The molecule has 532 valence electrons. The maximum absolute atomic E-state index is 13.4. The van der Waals surface area contributed by atoms with Crippen LogP contribution in [0.4, 0.5) is 14.4 Å². The molecule has 9 rings (SSSR count). The van der Waals surface area contributed by atoms with Crippen LogP contribution in [0.3, 0.4) is 0 Å². The number of amides is 6. The summed E-state index contributed by atoms with van der Waals surface area (Å²) in [6, 6.07) is 9.66. The third-order valence-electron chi connectivity index (χ3n) is 16.7. The van der Waals surface area contributed by atoms with Crippen LogP contribution in [-0.2, 0) is 72.5 Å². The van der Waals surface area contributed by atoms with Gasteiger partial charge in [-0.05, 0) is 111 Å². The van der Waals surface area contributed by atoms with Crippen molar-refractivity contribution < 1.29 is 97.9 Å². The summed E-state index contributed by atoms with van der Waals surface area (Å²) in [5, 5.41) is 32.2. The number of nitrogens with zero attached hydrogens (tertiary/aromatic N) is 10. The number of β-lactam (4-membered cyclic amide) rings is 3. The van der Waals surface area contributed by atoms with E-state index in [9.17, 15) is 83.7 Å². The van der Waals surface area contributed by atoms with Crippen LogP contribution in [0, 0.1) is 0 Å². The lowest BCUT2D eigenvalue weighted by Crippen LogP contribution is -2.59. The molecule has 3 aromatic rings. The van der Waals surface area contributed by atoms with Gasteiger partial charge in [-0.1, -0.05) is 18.2 Å². The van der Waals surface area contributed by atoms with Gasteiger partial charge in [0.25, 0.3) is 17.7 Å². The predicted octanol–water partition coefficient (Wildman–Crippen LogP) is -2.67. The Balaban J connectivity index is 0.000000207. The van der Waals surface area contributed by atoms with Gasteiger partial charge in [-0.2, -0.15) is 0 Å². The molecule has 6 aliphatic heterocycles. The van der Waals surface area contributed by atoms with E-state index in [1.807, 2.05) is 49.9 Å². The SMILES string of the molecule is CN(C)CCN(C)CCNC(=O)OC[C@@]1(C)[C@H](C(=O)O)N2C(=O)/C(=C/c3ccccn3)[C@H]2S1(=O)=O.CN(C)CCNC(=O)OC[C@@]1(C)[C@H](C(=O)O)N2C(=O)/C(=C/c3ccccn3)[C@H]2S1(=O)=O.C[C@]1(COC(=O)NCCN=C(N)N)[C@H](C(=O)O)N2C(=O)/C(=C/c3ccccn3)[C@H]2S1(=O)=O. The highest BCUT2D eigenvalue weighted by Gasteiger charge is 2.75. The number of hydrogen-bond donors (Lipinski definition) is 8. The molecule has 10 N–H and O–H groups in total. The van der Waals surface area contributed by atoms with Gasteiger partial charge in [0.2, 0.25) is 0 Å². The van der Waals surface area contributed by atoms with Crippen LogP contribution >= 0.6 is 0 Å². The molecule has 6 saturated heterocycles. The molecule has 0 spiro atoms. The third kappa shape index (κ3) is 15.2. The number of ether oxygens (including phenoxy) is 3. The Morgan fingerprint density at radius 1 is 0.510 bits per heavy atom. The second-order valence-electron chi connectivity index (χ2n) is 24.3. The highest BCUT2D eigenvalue weighted by Crippen LogP contribution is 2.52. The van der Waals surface area contributed by atoms with Crippen LogP contribution in [0.1, 0.15) is 37.9 Å². The Kier molecular flexibility index (Phi) is 23.5. The van der Waals surface area contributed by atoms with Crippen molar-refractivity contribution in [2.45, 2.75) is 69.3 Å². The number of carboxylic acid groups (broad SMARTS) is 3. The van der Waals surface area contributed by atoms with Crippen LogP contribution in [-0.4, -0.2) is 301 Å². The number of aromatic nitrogens is 3. The van der Waals surface area contributed by atoms with Crippen LogP contribution in [0.25, 0.3) is 18.2 Å². The summed E-state index contributed by atoms with van der Waals surface area (Å²) in [5.41, 5.74) is 11.2. The molecule has 0 bridgehead atoms.